The summed E-state index contributed by atoms with van der Waals surface area (Å²) >= 11 is 3.91. The van der Waals surface area contributed by atoms with Gasteiger partial charge in [-0.25, -0.2) is 4.98 Å². The molecule has 0 atom stereocenters. The Labute approximate surface area is 150 Å². The number of anilines is 2. The van der Waals surface area contributed by atoms with Gasteiger partial charge in [0.15, 0.2) is 4.34 Å². The fourth-order valence-electron chi connectivity index (χ4n) is 1.52. The number of aromatic nitrogens is 3. The second-order valence-electron chi connectivity index (χ2n) is 4.14. The predicted octanol–water partition coefficient (Wildman–Crippen LogP) is 2.10. The number of carbonyl (C=O) groups excluding carboxylic acids is 1. The van der Waals surface area contributed by atoms with Crippen molar-refractivity contribution in [3.05, 3.63) is 17.2 Å². The molecular weight excluding hydrogens is 366 g/mol. The molecule has 2 rings (SSSR count). The smallest absolute Gasteiger partial charge is 0.236 e. The first-order valence-electron chi connectivity index (χ1n) is 6.57. The van der Waals surface area contributed by atoms with E-state index in [9.17, 15) is 4.79 Å². The van der Waals surface area contributed by atoms with Crippen LogP contribution in [0.2, 0.25) is 0 Å². The summed E-state index contributed by atoms with van der Waals surface area (Å²) in [6, 6.07) is 5.17. The van der Waals surface area contributed by atoms with E-state index >= 15 is 0 Å². The lowest BCUT2D eigenvalue weighted by atomic mass is 10.2. The molecule has 0 unspecified atom stereocenters. The van der Waals surface area contributed by atoms with Gasteiger partial charge >= 0.3 is 0 Å². The number of nitrogens with two attached hydrogens (primary N) is 1. The van der Waals surface area contributed by atoms with Crippen LogP contribution in [0.15, 0.2) is 15.4 Å². The number of nitrogens with zero attached hydrogens (tertiary/aromatic N) is 5. The maximum atomic E-state index is 12.0. The lowest BCUT2D eigenvalue weighted by molar-refractivity contribution is -0.113. The number of pyridine rings is 1. The molecule has 0 radical (unpaired) electrons. The Morgan fingerprint density at radius 1 is 1.33 bits per heavy atom. The normalized spacial score (nSPS) is 9.96. The summed E-state index contributed by atoms with van der Waals surface area (Å²) < 4.78 is 0.786. The van der Waals surface area contributed by atoms with Crippen molar-refractivity contribution in [2.75, 3.05) is 22.6 Å². The highest BCUT2D eigenvalue weighted by molar-refractivity contribution is 8.01. The van der Waals surface area contributed by atoms with E-state index in [1.54, 1.807) is 11.8 Å². The first kappa shape index (κ1) is 18.0. The van der Waals surface area contributed by atoms with E-state index < -0.39 is 0 Å². The van der Waals surface area contributed by atoms with Crippen molar-refractivity contribution >= 4 is 51.7 Å². The molecule has 3 N–H and O–H groups in total. The summed E-state index contributed by atoms with van der Waals surface area (Å²) in [5, 5.41) is 29.2. The number of nitrogens with one attached hydrogen (secondary N) is 1. The number of amides is 1. The molecule has 2 aromatic heterocycles. The summed E-state index contributed by atoms with van der Waals surface area (Å²) in [5.41, 5.74) is 5.98. The molecule has 2 aromatic rings. The van der Waals surface area contributed by atoms with Gasteiger partial charge in [0.25, 0.3) is 0 Å². The highest BCUT2D eigenvalue weighted by Gasteiger charge is 2.13. The van der Waals surface area contributed by atoms with Crippen molar-refractivity contribution in [2.45, 2.75) is 16.3 Å². The lowest BCUT2D eigenvalue weighted by Gasteiger charge is -2.05. The molecule has 122 valence electrons. The number of nitrogen functional groups attached to an aromatic ring is 1. The first-order valence-corrected chi connectivity index (χ1v) is 9.35. The second kappa shape index (κ2) is 8.49. The van der Waals surface area contributed by atoms with E-state index in [-0.39, 0.29) is 28.6 Å². The van der Waals surface area contributed by atoms with Crippen molar-refractivity contribution in [1.29, 1.82) is 10.5 Å². The van der Waals surface area contributed by atoms with Gasteiger partial charge in [0, 0.05) is 0 Å². The van der Waals surface area contributed by atoms with Gasteiger partial charge in [0.2, 0.25) is 11.0 Å². The quantitative estimate of drug-likeness (QED) is 0.571. The van der Waals surface area contributed by atoms with E-state index in [4.69, 9.17) is 16.3 Å². The van der Waals surface area contributed by atoms with Crippen LogP contribution < -0.4 is 11.1 Å². The minimum Gasteiger partial charge on any atom is -0.383 e. The van der Waals surface area contributed by atoms with Crippen LogP contribution in [0.3, 0.4) is 0 Å². The Bertz CT molecular complexity index is 837. The standard InChI is InChI=1S/C13H11N7OS3/c1-2-22-13-20-19-12(24-13)17-9(21)6-23-11-8(5-15)3-7(4-14)10(16)18-11/h3H,2,6H2,1H3,(H2,16,18)(H,17,19,21). The summed E-state index contributed by atoms with van der Waals surface area (Å²) in [6.45, 7) is 2.00. The zero-order valence-corrected chi connectivity index (χ0v) is 14.9. The maximum Gasteiger partial charge on any atom is 0.236 e. The molecule has 0 aliphatic heterocycles. The summed E-state index contributed by atoms with van der Waals surface area (Å²) in [5.74, 6) is 0.645. The summed E-state index contributed by atoms with van der Waals surface area (Å²) in [7, 11) is 0. The molecule has 0 bridgehead atoms. The molecule has 1 amide bonds. The Kier molecular flexibility index (Phi) is 6.37. The minimum absolute atomic E-state index is 0.0306. The third kappa shape index (κ3) is 4.58. The SMILES string of the molecule is CCSc1nnc(NC(=O)CSc2nc(N)c(C#N)cc2C#N)s1. The number of carbonyl (C=O) groups is 1. The Morgan fingerprint density at radius 2 is 2.08 bits per heavy atom. The molecule has 8 nitrogen and oxygen atoms in total. The Hall–Kier alpha value is -2.34. The van der Waals surface area contributed by atoms with Crippen LogP contribution in [0.1, 0.15) is 18.1 Å². The molecule has 0 aliphatic rings. The number of thioether (sulfide) groups is 2. The van der Waals surface area contributed by atoms with Crippen molar-refractivity contribution in [3.8, 4) is 12.1 Å². The van der Waals surface area contributed by atoms with Crippen LogP contribution in [0.5, 0.6) is 0 Å². The van der Waals surface area contributed by atoms with Crippen LogP contribution in [0, 0.1) is 22.7 Å². The zero-order chi connectivity index (χ0) is 17.5. The Morgan fingerprint density at radius 3 is 2.75 bits per heavy atom. The van der Waals surface area contributed by atoms with Gasteiger partial charge in [-0.15, -0.1) is 10.2 Å². The van der Waals surface area contributed by atoms with E-state index in [2.05, 4.69) is 20.5 Å². The van der Waals surface area contributed by atoms with Crippen LogP contribution in [0.4, 0.5) is 10.9 Å². The van der Waals surface area contributed by atoms with Crippen molar-refractivity contribution < 1.29 is 4.79 Å². The monoisotopic (exact) mass is 377 g/mol. The molecule has 0 aromatic carbocycles. The number of hydrogen-bond donors (Lipinski definition) is 2. The molecule has 0 aliphatic carbocycles. The average Bonchev–Trinajstić information content (AvgIpc) is 3.00. The zero-order valence-electron chi connectivity index (χ0n) is 12.4. The largest absolute Gasteiger partial charge is 0.383 e. The van der Waals surface area contributed by atoms with Gasteiger partial charge in [-0.05, 0) is 11.8 Å². The molecule has 11 heteroatoms. The molecule has 0 saturated heterocycles. The summed E-state index contributed by atoms with van der Waals surface area (Å²) in [6.07, 6.45) is 0. The van der Waals surface area contributed by atoms with Gasteiger partial charge < -0.3 is 5.73 Å². The Balaban J connectivity index is 2.00. The number of rotatable bonds is 6. The van der Waals surface area contributed by atoms with Crippen LogP contribution in [-0.2, 0) is 4.79 Å². The van der Waals surface area contributed by atoms with Crippen LogP contribution in [0.25, 0.3) is 0 Å². The minimum atomic E-state index is -0.294. The third-order valence-electron chi connectivity index (χ3n) is 2.52. The molecule has 0 saturated carbocycles. The number of nitriles is 2. The molecule has 2 heterocycles. The average molecular weight is 377 g/mol. The van der Waals surface area contributed by atoms with Crippen molar-refractivity contribution in [2.24, 2.45) is 0 Å². The van der Waals surface area contributed by atoms with Gasteiger partial charge in [0.05, 0.1) is 16.9 Å². The maximum absolute atomic E-state index is 12.0. The lowest BCUT2D eigenvalue weighted by Crippen LogP contribution is -2.14. The van der Waals surface area contributed by atoms with Crippen molar-refractivity contribution in [1.82, 2.24) is 15.2 Å². The summed E-state index contributed by atoms with van der Waals surface area (Å²) in [4.78, 5) is 16.0. The van der Waals surface area contributed by atoms with E-state index in [1.807, 2.05) is 19.1 Å². The van der Waals surface area contributed by atoms with Gasteiger partial charge in [-0.2, -0.15) is 10.5 Å². The first-order chi connectivity index (χ1) is 11.6. The number of hydrogen-bond acceptors (Lipinski definition) is 10. The van der Waals surface area contributed by atoms with E-state index in [0.717, 1.165) is 21.9 Å². The van der Waals surface area contributed by atoms with Gasteiger partial charge in [-0.1, -0.05) is 41.8 Å². The molecule has 0 spiro atoms. The second-order valence-corrected chi connectivity index (χ2v) is 7.59. The third-order valence-corrected chi connectivity index (χ3v) is 5.36. The van der Waals surface area contributed by atoms with Crippen LogP contribution >= 0.6 is 34.9 Å². The molecular formula is C13H11N7OS3. The topological polar surface area (TPSA) is 141 Å². The highest BCUT2D eigenvalue weighted by atomic mass is 32.2. The van der Waals surface area contributed by atoms with E-state index in [1.165, 1.54) is 17.4 Å². The van der Waals surface area contributed by atoms with Crippen LogP contribution in [-0.4, -0.2) is 32.6 Å². The van der Waals surface area contributed by atoms with E-state index in [0.29, 0.717) is 10.2 Å². The molecule has 0 fully saturated rings. The molecule has 24 heavy (non-hydrogen) atoms. The van der Waals surface area contributed by atoms with Gasteiger partial charge in [-0.3, -0.25) is 10.1 Å². The highest BCUT2D eigenvalue weighted by Crippen LogP contribution is 2.26. The predicted molar refractivity (Wildman–Crippen MR) is 93.7 cm³/mol. The fourth-order valence-corrected chi connectivity index (χ4v) is 3.95. The van der Waals surface area contributed by atoms with Gasteiger partial charge in [0.1, 0.15) is 23.0 Å². The van der Waals surface area contributed by atoms with Crippen molar-refractivity contribution in [3.63, 3.8) is 0 Å². The fraction of sp³-hybridized carbons (Fsp3) is 0.231.